The van der Waals surface area contributed by atoms with Crippen LogP contribution in [0.4, 0.5) is 0 Å². The van der Waals surface area contributed by atoms with E-state index in [4.69, 9.17) is 0 Å². The zero-order valence-electron chi connectivity index (χ0n) is 12.3. The second kappa shape index (κ2) is 5.43. The Balaban J connectivity index is 1.93. The van der Waals surface area contributed by atoms with E-state index >= 15 is 0 Å². The zero-order chi connectivity index (χ0) is 15.6. The van der Waals surface area contributed by atoms with E-state index < -0.39 is 0 Å². The number of para-hydroxylation sites is 1. The van der Waals surface area contributed by atoms with E-state index in [0.717, 1.165) is 32.8 Å². The maximum absolute atomic E-state index is 9.67. The van der Waals surface area contributed by atoms with E-state index in [2.05, 4.69) is 22.1 Å². The van der Waals surface area contributed by atoms with Crippen LogP contribution in [0.15, 0.2) is 67.1 Å². The number of hydrogen-bond donors (Lipinski definition) is 1. The lowest BCUT2D eigenvalue weighted by atomic mass is 9.98. The molecule has 0 aliphatic rings. The van der Waals surface area contributed by atoms with E-state index in [9.17, 15) is 5.26 Å². The van der Waals surface area contributed by atoms with Crippen molar-refractivity contribution in [3.8, 4) is 6.07 Å². The molecule has 0 aliphatic heterocycles. The summed E-state index contributed by atoms with van der Waals surface area (Å²) in [5, 5.41) is 12.8. The summed E-state index contributed by atoms with van der Waals surface area (Å²) < 4.78 is 0. The van der Waals surface area contributed by atoms with Crippen LogP contribution in [0.25, 0.3) is 33.3 Å². The highest BCUT2D eigenvalue weighted by Gasteiger charge is 2.08. The fourth-order valence-corrected chi connectivity index (χ4v) is 2.90. The molecule has 1 N–H and O–H groups in total. The Bertz CT molecular complexity index is 1080. The number of hydrogen-bond acceptors (Lipinski definition) is 2. The number of pyridine rings is 1. The molecule has 0 aliphatic carbocycles. The lowest BCUT2D eigenvalue weighted by Gasteiger charge is -2.05. The first-order valence-electron chi connectivity index (χ1n) is 7.38. The van der Waals surface area contributed by atoms with Gasteiger partial charge in [0.05, 0.1) is 11.6 Å². The van der Waals surface area contributed by atoms with Gasteiger partial charge in [0.25, 0.3) is 0 Å². The Labute approximate surface area is 133 Å². The van der Waals surface area contributed by atoms with Gasteiger partial charge in [-0.25, -0.2) is 0 Å². The number of allylic oxidation sites excluding steroid dienone is 1. The smallest absolute Gasteiger partial charge is 0.0998 e. The van der Waals surface area contributed by atoms with Crippen LogP contribution in [-0.2, 0) is 0 Å². The SMILES string of the molecule is N#C/C(=C\c1c[nH]c2ccccc12)c1cccc2cnccc12. The van der Waals surface area contributed by atoms with Gasteiger partial charge >= 0.3 is 0 Å². The lowest BCUT2D eigenvalue weighted by molar-refractivity contribution is 1.36. The van der Waals surface area contributed by atoms with Gasteiger partial charge in [0.1, 0.15) is 0 Å². The van der Waals surface area contributed by atoms with Crippen molar-refractivity contribution in [2.75, 3.05) is 0 Å². The average Bonchev–Trinajstić information content (AvgIpc) is 3.02. The average molecular weight is 295 g/mol. The first-order valence-corrected chi connectivity index (χ1v) is 7.38. The number of benzene rings is 2. The van der Waals surface area contributed by atoms with Crippen LogP contribution in [0.2, 0.25) is 0 Å². The molecule has 0 bridgehead atoms. The molecule has 0 saturated heterocycles. The molecule has 0 unspecified atom stereocenters. The molecule has 3 nitrogen and oxygen atoms in total. The molecule has 2 aromatic heterocycles. The molecule has 2 heterocycles. The largest absolute Gasteiger partial charge is 0.361 e. The number of rotatable bonds is 2. The molecule has 0 radical (unpaired) electrons. The van der Waals surface area contributed by atoms with Crippen LogP contribution in [-0.4, -0.2) is 9.97 Å². The summed E-state index contributed by atoms with van der Waals surface area (Å²) in [7, 11) is 0. The van der Waals surface area contributed by atoms with E-state index in [1.807, 2.05) is 60.9 Å². The molecule has 23 heavy (non-hydrogen) atoms. The molecule has 0 saturated carbocycles. The Morgan fingerprint density at radius 2 is 1.96 bits per heavy atom. The van der Waals surface area contributed by atoms with Gasteiger partial charge < -0.3 is 4.98 Å². The summed E-state index contributed by atoms with van der Waals surface area (Å²) in [5.74, 6) is 0. The lowest BCUT2D eigenvalue weighted by Crippen LogP contribution is -1.85. The van der Waals surface area contributed by atoms with Crippen molar-refractivity contribution in [2.24, 2.45) is 0 Å². The highest BCUT2D eigenvalue weighted by Crippen LogP contribution is 2.28. The maximum atomic E-state index is 9.67. The third-order valence-corrected chi connectivity index (χ3v) is 4.01. The van der Waals surface area contributed by atoms with E-state index in [1.54, 1.807) is 6.20 Å². The quantitative estimate of drug-likeness (QED) is 0.541. The Hall–Kier alpha value is -3.38. The monoisotopic (exact) mass is 295 g/mol. The third-order valence-electron chi connectivity index (χ3n) is 4.01. The Morgan fingerprint density at radius 3 is 2.87 bits per heavy atom. The van der Waals surface area contributed by atoms with E-state index in [-0.39, 0.29) is 0 Å². The van der Waals surface area contributed by atoms with Crippen molar-refractivity contribution in [2.45, 2.75) is 0 Å². The van der Waals surface area contributed by atoms with Gasteiger partial charge in [-0.1, -0.05) is 36.4 Å². The van der Waals surface area contributed by atoms with Gasteiger partial charge in [-0.3, -0.25) is 4.98 Å². The summed E-state index contributed by atoms with van der Waals surface area (Å²) in [6.07, 6.45) is 7.45. The predicted octanol–water partition coefficient (Wildman–Crippen LogP) is 4.78. The molecular weight excluding hydrogens is 282 g/mol. The van der Waals surface area contributed by atoms with Gasteiger partial charge in [-0.05, 0) is 23.6 Å². The second-order valence-electron chi connectivity index (χ2n) is 5.36. The Morgan fingerprint density at radius 1 is 1.04 bits per heavy atom. The normalized spacial score (nSPS) is 11.7. The number of aromatic amines is 1. The minimum atomic E-state index is 0.645. The van der Waals surface area contributed by atoms with Crippen LogP contribution >= 0.6 is 0 Å². The number of aromatic nitrogens is 2. The van der Waals surface area contributed by atoms with Crippen molar-refractivity contribution in [1.82, 2.24) is 9.97 Å². The van der Waals surface area contributed by atoms with Crippen LogP contribution in [0.5, 0.6) is 0 Å². The van der Waals surface area contributed by atoms with Gasteiger partial charge in [0, 0.05) is 46.0 Å². The summed E-state index contributed by atoms with van der Waals surface area (Å²) in [6, 6.07) is 18.3. The number of nitrogens with one attached hydrogen (secondary N) is 1. The fourth-order valence-electron chi connectivity index (χ4n) is 2.90. The van der Waals surface area contributed by atoms with Gasteiger partial charge in [-0.2, -0.15) is 5.26 Å². The highest BCUT2D eigenvalue weighted by atomic mass is 14.7. The molecule has 2 aromatic carbocycles. The first kappa shape index (κ1) is 13.3. The topological polar surface area (TPSA) is 52.5 Å². The third kappa shape index (κ3) is 2.27. The molecule has 0 spiro atoms. The number of fused-ring (bicyclic) bond motifs is 2. The molecule has 108 valence electrons. The van der Waals surface area contributed by atoms with Gasteiger partial charge in [0.2, 0.25) is 0 Å². The maximum Gasteiger partial charge on any atom is 0.0998 e. The molecule has 3 heteroatoms. The minimum Gasteiger partial charge on any atom is -0.361 e. The van der Waals surface area contributed by atoms with Gasteiger partial charge in [-0.15, -0.1) is 0 Å². The molecule has 4 rings (SSSR count). The van der Waals surface area contributed by atoms with E-state index in [1.165, 1.54) is 0 Å². The second-order valence-corrected chi connectivity index (χ2v) is 5.36. The van der Waals surface area contributed by atoms with Crippen molar-refractivity contribution in [3.05, 3.63) is 78.2 Å². The zero-order valence-corrected chi connectivity index (χ0v) is 12.3. The summed E-state index contributed by atoms with van der Waals surface area (Å²) in [4.78, 5) is 7.39. The standard InChI is InChI=1S/C20H13N3/c21-11-15(10-16-13-23-20-7-2-1-5-19(16)20)17-6-3-4-14-12-22-9-8-18(14)17/h1-10,12-13,23H/b15-10+. The van der Waals surface area contributed by atoms with Crippen LogP contribution < -0.4 is 0 Å². The number of nitrogens with zero attached hydrogens (tertiary/aromatic N) is 2. The number of nitriles is 1. The van der Waals surface area contributed by atoms with Crippen LogP contribution in [0, 0.1) is 11.3 Å². The summed E-state index contributed by atoms with van der Waals surface area (Å²) in [6.45, 7) is 0. The predicted molar refractivity (Wildman–Crippen MR) is 93.5 cm³/mol. The first-order chi connectivity index (χ1) is 11.4. The molecule has 4 aromatic rings. The number of H-pyrrole nitrogens is 1. The molecule has 0 atom stereocenters. The van der Waals surface area contributed by atoms with Crippen molar-refractivity contribution in [3.63, 3.8) is 0 Å². The molecule has 0 fully saturated rings. The van der Waals surface area contributed by atoms with E-state index in [0.29, 0.717) is 5.57 Å². The van der Waals surface area contributed by atoms with Crippen LogP contribution in [0.3, 0.4) is 0 Å². The van der Waals surface area contributed by atoms with Crippen molar-refractivity contribution >= 4 is 33.3 Å². The molecular formula is C20H13N3. The minimum absolute atomic E-state index is 0.645. The van der Waals surface area contributed by atoms with Gasteiger partial charge in [0.15, 0.2) is 0 Å². The summed E-state index contributed by atoms with van der Waals surface area (Å²) in [5.41, 5.74) is 3.66. The van der Waals surface area contributed by atoms with Crippen LogP contribution in [0.1, 0.15) is 11.1 Å². The highest BCUT2D eigenvalue weighted by molar-refractivity contribution is 6.04. The fraction of sp³-hybridized carbons (Fsp3) is 0. The molecule has 0 amide bonds. The Kier molecular flexibility index (Phi) is 3.14. The van der Waals surface area contributed by atoms with Crippen molar-refractivity contribution in [1.29, 1.82) is 5.26 Å². The van der Waals surface area contributed by atoms with Crippen molar-refractivity contribution < 1.29 is 0 Å². The summed E-state index contributed by atoms with van der Waals surface area (Å²) >= 11 is 0.